The zero-order chi connectivity index (χ0) is 23.5. The predicted octanol–water partition coefficient (Wildman–Crippen LogP) is 5.27. The number of hydrogen-bond donors (Lipinski definition) is 1. The minimum Gasteiger partial charge on any atom is -0.461 e. The summed E-state index contributed by atoms with van der Waals surface area (Å²) in [6, 6.07) is 7.53. The number of thiophene rings is 1. The van der Waals surface area contributed by atoms with Crippen molar-refractivity contribution in [1.82, 2.24) is 9.78 Å². The number of nitrogens with one attached hydrogen (secondary N) is 1. The minimum absolute atomic E-state index is 0.0481. The molecule has 1 aliphatic carbocycles. The summed E-state index contributed by atoms with van der Waals surface area (Å²) >= 11 is 1.24. The summed E-state index contributed by atoms with van der Waals surface area (Å²) in [5, 5.41) is 10.2. The lowest BCUT2D eigenvalue weighted by atomic mass is 9.89. The van der Waals surface area contributed by atoms with Crippen molar-refractivity contribution in [2.45, 2.75) is 58.8 Å². The van der Waals surface area contributed by atoms with Gasteiger partial charge in [-0.05, 0) is 43.4 Å². The lowest BCUT2D eigenvalue weighted by Crippen LogP contribution is -2.27. The van der Waals surface area contributed by atoms with Crippen LogP contribution in [0, 0.1) is 5.92 Å². The molecule has 0 saturated heterocycles. The normalized spacial score (nSPS) is 14.5. The second-order valence-electron chi connectivity index (χ2n) is 8.71. The predicted molar refractivity (Wildman–Crippen MR) is 130 cm³/mol. The van der Waals surface area contributed by atoms with Gasteiger partial charge in [-0.2, -0.15) is 9.78 Å². The minimum atomic E-state index is -0.599. The molecule has 1 fully saturated rings. The van der Waals surface area contributed by atoms with Crippen LogP contribution in [0.25, 0.3) is 16.5 Å². The fourth-order valence-electron chi connectivity index (χ4n) is 4.25. The van der Waals surface area contributed by atoms with E-state index in [1.54, 1.807) is 12.3 Å². The molecule has 0 spiro atoms. The Balaban J connectivity index is 1.82. The van der Waals surface area contributed by atoms with Gasteiger partial charge in [0.2, 0.25) is 5.91 Å². The first-order chi connectivity index (χ1) is 15.9. The van der Waals surface area contributed by atoms with E-state index in [0.717, 1.165) is 37.7 Å². The summed E-state index contributed by atoms with van der Waals surface area (Å²) in [5.41, 5.74) is 1.37. The van der Waals surface area contributed by atoms with Crippen LogP contribution in [0.4, 0.5) is 5.00 Å². The third kappa shape index (κ3) is 4.71. The van der Waals surface area contributed by atoms with Crippen LogP contribution in [0.1, 0.15) is 74.8 Å². The fourth-order valence-corrected chi connectivity index (χ4v) is 5.19. The molecule has 8 heteroatoms. The Kier molecular flexibility index (Phi) is 6.93. The number of benzene rings is 1. The Bertz CT molecular complexity index is 1220. The second kappa shape index (κ2) is 9.87. The molecule has 174 valence electrons. The van der Waals surface area contributed by atoms with Gasteiger partial charge in [0.25, 0.3) is 5.56 Å². The van der Waals surface area contributed by atoms with Gasteiger partial charge in [0.05, 0.1) is 17.7 Å². The molecule has 7 nitrogen and oxygen atoms in total. The molecule has 0 radical (unpaired) electrons. The first-order valence-corrected chi connectivity index (χ1v) is 12.4. The average Bonchev–Trinajstić information content (AvgIpc) is 3.24. The van der Waals surface area contributed by atoms with E-state index < -0.39 is 5.97 Å². The number of carbonyl (C=O) groups is 2. The van der Waals surface area contributed by atoms with E-state index in [-0.39, 0.29) is 35.1 Å². The number of rotatable bonds is 6. The molecule has 1 saturated carbocycles. The molecule has 4 rings (SSSR count). The highest BCUT2D eigenvalue weighted by Gasteiger charge is 2.26. The smallest absolute Gasteiger partial charge is 0.359 e. The van der Waals surface area contributed by atoms with Gasteiger partial charge in [-0.15, -0.1) is 11.3 Å². The number of amides is 1. The Morgan fingerprint density at radius 1 is 1.18 bits per heavy atom. The summed E-state index contributed by atoms with van der Waals surface area (Å²) in [6.07, 6.45) is 4.95. The Morgan fingerprint density at radius 2 is 1.88 bits per heavy atom. The summed E-state index contributed by atoms with van der Waals surface area (Å²) in [4.78, 5) is 39.1. The van der Waals surface area contributed by atoms with Crippen molar-refractivity contribution in [2.24, 2.45) is 5.92 Å². The molecule has 1 amide bonds. The van der Waals surface area contributed by atoms with Crippen molar-refractivity contribution < 1.29 is 14.3 Å². The molecular formula is C25H29N3O4S. The third-order valence-electron chi connectivity index (χ3n) is 6.14. The Morgan fingerprint density at radius 3 is 2.52 bits per heavy atom. The van der Waals surface area contributed by atoms with Gasteiger partial charge in [0, 0.05) is 16.7 Å². The number of hydrogen-bond acceptors (Lipinski definition) is 6. The van der Waals surface area contributed by atoms with Gasteiger partial charge in [-0.3, -0.25) is 9.59 Å². The van der Waals surface area contributed by atoms with Gasteiger partial charge in [0.1, 0.15) is 5.00 Å². The van der Waals surface area contributed by atoms with Crippen molar-refractivity contribution in [3.05, 3.63) is 51.3 Å². The molecule has 1 aromatic carbocycles. The molecule has 0 unspecified atom stereocenters. The molecule has 1 aliphatic rings. The van der Waals surface area contributed by atoms with Gasteiger partial charge in [-0.25, -0.2) is 4.79 Å². The van der Waals surface area contributed by atoms with Gasteiger partial charge < -0.3 is 10.1 Å². The molecule has 0 aliphatic heterocycles. The summed E-state index contributed by atoms with van der Waals surface area (Å²) < 4.78 is 6.43. The quantitative estimate of drug-likeness (QED) is 0.499. The molecule has 1 N–H and O–H groups in total. The van der Waals surface area contributed by atoms with Crippen LogP contribution in [0.3, 0.4) is 0 Å². The highest BCUT2D eigenvalue weighted by atomic mass is 32.1. The van der Waals surface area contributed by atoms with Crippen molar-refractivity contribution in [1.29, 1.82) is 0 Å². The molecule has 2 aromatic heterocycles. The van der Waals surface area contributed by atoms with Crippen LogP contribution in [0.2, 0.25) is 0 Å². The van der Waals surface area contributed by atoms with Gasteiger partial charge >= 0.3 is 5.97 Å². The van der Waals surface area contributed by atoms with Crippen LogP contribution in [0.15, 0.2) is 34.4 Å². The van der Waals surface area contributed by atoms with Gasteiger partial charge in [-0.1, -0.05) is 45.2 Å². The van der Waals surface area contributed by atoms with Crippen molar-refractivity contribution in [3.63, 3.8) is 0 Å². The van der Waals surface area contributed by atoms with Crippen molar-refractivity contribution >= 4 is 39.0 Å². The maximum atomic E-state index is 13.5. The second-order valence-corrected chi connectivity index (χ2v) is 9.59. The number of nitrogens with zero attached hydrogens (tertiary/aromatic N) is 2. The van der Waals surface area contributed by atoms with Crippen LogP contribution < -0.4 is 10.9 Å². The topological polar surface area (TPSA) is 90.3 Å². The fraction of sp³-hybridized carbons (Fsp3) is 0.440. The number of aromatic nitrogens is 2. The zero-order valence-corrected chi connectivity index (χ0v) is 20.0. The molecule has 0 bridgehead atoms. The molecule has 33 heavy (non-hydrogen) atoms. The van der Waals surface area contributed by atoms with Crippen LogP contribution in [-0.2, 0) is 9.53 Å². The SMILES string of the molecule is CCOC(=O)c1nn(-c2ccc(C(C)C)cc2)c(=O)c2c(NC(=O)C3CCCCC3)scc12. The van der Waals surface area contributed by atoms with Gasteiger partial charge in [0.15, 0.2) is 5.69 Å². The number of anilines is 1. The largest absolute Gasteiger partial charge is 0.461 e. The van der Waals surface area contributed by atoms with E-state index >= 15 is 0 Å². The van der Waals surface area contributed by atoms with E-state index in [0.29, 0.717) is 22.0 Å². The third-order valence-corrected chi connectivity index (χ3v) is 7.03. The molecular weight excluding hydrogens is 438 g/mol. The van der Waals surface area contributed by atoms with E-state index in [2.05, 4.69) is 24.3 Å². The number of esters is 1. The van der Waals surface area contributed by atoms with E-state index in [4.69, 9.17) is 4.74 Å². The lowest BCUT2D eigenvalue weighted by molar-refractivity contribution is -0.120. The maximum absolute atomic E-state index is 13.5. The first-order valence-electron chi connectivity index (χ1n) is 11.5. The number of carbonyl (C=O) groups excluding carboxylic acids is 2. The first kappa shape index (κ1) is 23.2. The Labute approximate surface area is 196 Å². The summed E-state index contributed by atoms with van der Waals surface area (Å²) in [7, 11) is 0. The Hall–Kier alpha value is -3.00. The van der Waals surface area contributed by atoms with Crippen molar-refractivity contribution in [3.8, 4) is 5.69 Å². The molecule has 0 atom stereocenters. The summed E-state index contributed by atoms with van der Waals surface area (Å²) in [6.45, 7) is 6.10. The van der Waals surface area contributed by atoms with Crippen LogP contribution in [0.5, 0.6) is 0 Å². The highest BCUT2D eigenvalue weighted by Crippen LogP contribution is 2.32. The zero-order valence-electron chi connectivity index (χ0n) is 19.2. The van der Waals surface area contributed by atoms with E-state index in [1.165, 1.54) is 16.0 Å². The highest BCUT2D eigenvalue weighted by molar-refractivity contribution is 7.16. The van der Waals surface area contributed by atoms with E-state index in [9.17, 15) is 14.4 Å². The lowest BCUT2D eigenvalue weighted by Gasteiger charge is -2.20. The molecule has 3 aromatic rings. The standard InChI is InChI=1S/C25H29N3O4S/c1-4-32-25(31)21-19-14-33-23(26-22(29)17-8-6-5-7-9-17)20(19)24(30)28(27-21)18-12-10-16(11-13-18)15(2)3/h10-15,17H,4-9H2,1-3H3,(H,26,29). The van der Waals surface area contributed by atoms with E-state index in [1.807, 2.05) is 24.3 Å². The summed E-state index contributed by atoms with van der Waals surface area (Å²) in [5.74, 6) is -0.369. The maximum Gasteiger partial charge on any atom is 0.359 e. The average molecular weight is 468 g/mol. The molecule has 2 heterocycles. The van der Waals surface area contributed by atoms with Crippen molar-refractivity contribution in [2.75, 3.05) is 11.9 Å². The monoisotopic (exact) mass is 467 g/mol. The van der Waals surface area contributed by atoms with Crippen LogP contribution >= 0.6 is 11.3 Å². The number of fused-ring (bicyclic) bond motifs is 1. The number of ether oxygens (including phenoxy) is 1. The van der Waals surface area contributed by atoms with Crippen LogP contribution in [-0.4, -0.2) is 28.3 Å².